The van der Waals surface area contributed by atoms with Crippen molar-refractivity contribution in [3.05, 3.63) is 228 Å². The monoisotopic (exact) mass is 791 g/mol. The highest BCUT2D eigenvalue weighted by molar-refractivity contribution is 6.16. The highest BCUT2D eigenvalue weighted by Gasteiger charge is 2.51. The number of allylic oxidation sites excluding steroid dienone is 1. The first-order valence-electron chi connectivity index (χ1n) is 21.6. The lowest BCUT2D eigenvalue weighted by Crippen LogP contribution is -2.26. The third kappa shape index (κ3) is 4.49. The Hall–Kier alpha value is -7.88. The van der Waals surface area contributed by atoms with Crippen molar-refractivity contribution in [3.63, 3.8) is 0 Å². The SMILES string of the molecule is C1=Cc2c(oc3cc(N(c4ccc5c(c4)C4(c6ccccc6-c6ccccc64)c4ccccc4-5)c4ccccc4-c4ccc5oc6c7ccccc7ccc6c5c4)ccc23)CC1. The van der Waals surface area contributed by atoms with Crippen LogP contribution in [0.25, 0.3) is 83.1 Å². The molecule has 0 N–H and O–H groups in total. The van der Waals surface area contributed by atoms with E-state index >= 15 is 0 Å². The maximum Gasteiger partial charge on any atom is 0.143 e. The van der Waals surface area contributed by atoms with Gasteiger partial charge in [0.15, 0.2) is 0 Å². The molecule has 14 rings (SSSR count). The third-order valence-corrected chi connectivity index (χ3v) is 13.9. The molecule has 0 fully saturated rings. The lowest BCUT2D eigenvalue weighted by Gasteiger charge is -2.32. The van der Waals surface area contributed by atoms with Gasteiger partial charge in [-0.2, -0.15) is 0 Å². The second kappa shape index (κ2) is 12.6. The van der Waals surface area contributed by atoms with Crippen molar-refractivity contribution < 1.29 is 8.83 Å². The molecule has 62 heavy (non-hydrogen) atoms. The summed E-state index contributed by atoms with van der Waals surface area (Å²) in [5, 5.41) is 5.69. The van der Waals surface area contributed by atoms with Crippen molar-refractivity contribution in [2.75, 3.05) is 4.90 Å². The highest BCUT2D eigenvalue weighted by Crippen LogP contribution is 2.63. The third-order valence-electron chi connectivity index (χ3n) is 13.9. The van der Waals surface area contributed by atoms with Crippen LogP contribution in [0.2, 0.25) is 0 Å². The van der Waals surface area contributed by atoms with E-state index in [4.69, 9.17) is 8.83 Å². The first kappa shape index (κ1) is 33.9. The molecule has 3 heteroatoms. The van der Waals surface area contributed by atoms with E-state index in [0.29, 0.717) is 0 Å². The van der Waals surface area contributed by atoms with Gasteiger partial charge in [-0.3, -0.25) is 0 Å². The fraction of sp³-hybridized carbons (Fsp3) is 0.0508. The molecule has 2 heterocycles. The van der Waals surface area contributed by atoms with Crippen molar-refractivity contribution in [3.8, 4) is 33.4 Å². The van der Waals surface area contributed by atoms with Crippen molar-refractivity contribution in [1.82, 2.24) is 0 Å². The van der Waals surface area contributed by atoms with Gasteiger partial charge in [0, 0.05) is 56.5 Å². The molecule has 0 aliphatic heterocycles. The Morgan fingerprint density at radius 2 is 1.08 bits per heavy atom. The molecule has 2 aromatic heterocycles. The van der Waals surface area contributed by atoms with Crippen LogP contribution in [-0.4, -0.2) is 0 Å². The van der Waals surface area contributed by atoms with Gasteiger partial charge in [0.2, 0.25) is 0 Å². The zero-order chi connectivity index (χ0) is 40.5. The van der Waals surface area contributed by atoms with Crippen LogP contribution in [0.5, 0.6) is 0 Å². The van der Waals surface area contributed by atoms with E-state index in [2.05, 4.69) is 205 Å². The smallest absolute Gasteiger partial charge is 0.143 e. The molecule has 3 aliphatic carbocycles. The van der Waals surface area contributed by atoms with Gasteiger partial charge in [0.1, 0.15) is 22.5 Å². The average Bonchev–Trinajstić information content (AvgIpc) is 4.07. The Labute approximate surface area is 358 Å². The van der Waals surface area contributed by atoms with Gasteiger partial charge >= 0.3 is 0 Å². The van der Waals surface area contributed by atoms with Crippen molar-refractivity contribution in [1.29, 1.82) is 0 Å². The Morgan fingerprint density at radius 1 is 0.435 bits per heavy atom. The maximum absolute atomic E-state index is 6.66. The van der Waals surface area contributed by atoms with Gasteiger partial charge in [-0.05, 0) is 110 Å². The zero-order valence-corrected chi connectivity index (χ0v) is 33.7. The summed E-state index contributed by atoms with van der Waals surface area (Å²) in [7, 11) is 0. The molecule has 290 valence electrons. The summed E-state index contributed by atoms with van der Waals surface area (Å²) in [6.45, 7) is 0. The summed E-state index contributed by atoms with van der Waals surface area (Å²) in [5.74, 6) is 1.07. The number of benzene rings is 9. The second-order valence-electron chi connectivity index (χ2n) is 17.0. The quantitative estimate of drug-likeness (QED) is 0.178. The predicted octanol–water partition coefficient (Wildman–Crippen LogP) is 15.9. The Bertz CT molecular complexity index is 3660. The minimum absolute atomic E-state index is 0.464. The van der Waals surface area contributed by atoms with Gasteiger partial charge in [-0.25, -0.2) is 0 Å². The molecule has 0 radical (unpaired) electrons. The topological polar surface area (TPSA) is 29.5 Å². The summed E-state index contributed by atoms with van der Waals surface area (Å²) in [6.07, 6.45) is 6.40. The molecule has 0 saturated carbocycles. The first-order valence-corrected chi connectivity index (χ1v) is 21.6. The summed E-state index contributed by atoms with van der Waals surface area (Å²) >= 11 is 0. The molecule has 0 amide bonds. The van der Waals surface area contributed by atoms with Crippen LogP contribution in [-0.2, 0) is 11.8 Å². The molecule has 0 saturated heterocycles. The number of rotatable bonds is 4. The Morgan fingerprint density at radius 3 is 1.87 bits per heavy atom. The molecule has 1 spiro atoms. The van der Waals surface area contributed by atoms with E-state index < -0.39 is 5.41 Å². The lowest BCUT2D eigenvalue weighted by molar-refractivity contribution is 0.546. The van der Waals surface area contributed by atoms with Crippen molar-refractivity contribution in [2.45, 2.75) is 18.3 Å². The lowest BCUT2D eigenvalue weighted by atomic mass is 9.70. The molecular weight excluding hydrogens is 755 g/mol. The average molecular weight is 792 g/mol. The van der Waals surface area contributed by atoms with Gasteiger partial charge in [0.25, 0.3) is 0 Å². The van der Waals surface area contributed by atoms with E-state index in [1.54, 1.807) is 0 Å². The van der Waals surface area contributed by atoms with Gasteiger partial charge < -0.3 is 13.7 Å². The number of hydrogen-bond donors (Lipinski definition) is 0. The van der Waals surface area contributed by atoms with Crippen LogP contribution in [0, 0.1) is 0 Å². The van der Waals surface area contributed by atoms with Crippen LogP contribution < -0.4 is 4.90 Å². The van der Waals surface area contributed by atoms with Gasteiger partial charge in [0.05, 0.1) is 11.1 Å². The van der Waals surface area contributed by atoms with E-state index in [1.165, 1.54) is 55.5 Å². The van der Waals surface area contributed by atoms with Gasteiger partial charge in [-0.1, -0.05) is 146 Å². The van der Waals surface area contributed by atoms with Crippen molar-refractivity contribution in [2.24, 2.45) is 0 Å². The zero-order valence-electron chi connectivity index (χ0n) is 33.7. The van der Waals surface area contributed by atoms with Crippen molar-refractivity contribution >= 4 is 66.8 Å². The fourth-order valence-electron chi connectivity index (χ4n) is 11.3. The molecular formula is C59H37NO2. The molecule has 0 atom stereocenters. The van der Waals surface area contributed by atoms with E-state index in [-0.39, 0.29) is 0 Å². The van der Waals surface area contributed by atoms with Crippen LogP contribution in [0.3, 0.4) is 0 Å². The number of hydrogen-bond acceptors (Lipinski definition) is 3. The Balaban J connectivity index is 1.02. The second-order valence-corrected chi connectivity index (χ2v) is 17.0. The Kier molecular flexibility index (Phi) is 6.88. The summed E-state index contributed by atoms with van der Waals surface area (Å²) in [4.78, 5) is 2.45. The maximum atomic E-state index is 6.66. The van der Waals surface area contributed by atoms with Gasteiger partial charge in [-0.15, -0.1) is 0 Å². The predicted molar refractivity (Wildman–Crippen MR) is 255 cm³/mol. The molecule has 9 aromatic carbocycles. The summed E-state index contributed by atoms with van der Waals surface area (Å²) in [6, 6.07) is 69.4. The summed E-state index contributed by atoms with van der Waals surface area (Å²) in [5.41, 5.74) is 19.4. The van der Waals surface area contributed by atoms with Crippen LogP contribution in [0.15, 0.2) is 203 Å². The number of fused-ring (bicyclic) bond motifs is 18. The minimum Gasteiger partial charge on any atom is -0.460 e. The number of anilines is 3. The van der Waals surface area contributed by atoms with Crippen LogP contribution >= 0.6 is 0 Å². The van der Waals surface area contributed by atoms with E-state index in [1.807, 2.05) is 0 Å². The number of furan rings is 2. The largest absolute Gasteiger partial charge is 0.460 e. The standard InChI is InChI=1S/C59H37NO2/c1-2-15-41-36(13-1)25-29-48-49-33-37(26-32-56(49)62-58(41)48)40-14-6-11-23-54(40)60(39-28-31-47-46-19-7-12-24-55(46)61-57(47)35-39)38-27-30-45-44-18-5-10-22-52(44)59(53(45)34-38)50-20-8-3-16-42(50)43-17-4-9-21-51(43)59/h1-11,13-23,25-35H,12,24H2. The molecule has 11 aromatic rings. The fourth-order valence-corrected chi connectivity index (χ4v) is 11.3. The van der Waals surface area contributed by atoms with Crippen LogP contribution in [0.1, 0.15) is 40.0 Å². The normalized spacial score (nSPS) is 14.1. The first-order chi connectivity index (χ1) is 30.7. The number of para-hydroxylation sites is 1. The molecule has 0 bridgehead atoms. The number of nitrogens with zero attached hydrogens (tertiary/aromatic N) is 1. The van der Waals surface area contributed by atoms with E-state index in [0.717, 1.165) is 85.1 Å². The molecule has 3 aliphatic rings. The minimum atomic E-state index is -0.464. The van der Waals surface area contributed by atoms with Crippen LogP contribution in [0.4, 0.5) is 17.1 Å². The highest BCUT2D eigenvalue weighted by atomic mass is 16.3. The van der Waals surface area contributed by atoms with E-state index in [9.17, 15) is 0 Å². The molecule has 3 nitrogen and oxygen atoms in total. The number of aryl methyl sites for hydroxylation is 1. The summed E-state index contributed by atoms with van der Waals surface area (Å²) < 4.78 is 13.2. The molecule has 0 unspecified atom stereocenters.